The molecule has 11 heavy (non-hydrogen) atoms. The van der Waals surface area contributed by atoms with E-state index in [-0.39, 0.29) is 0 Å². The lowest BCUT2D eigenvalue weighted by Crippen LogP contribution is -2.03. The summed E-state index contributed by atoms with van der Waals surface area (Å²) in [6.07, 6.45) is 1.74. The molecule has 0 bridgehead atoms. The maximum atomic E-state index is 5.09. The van der Waals surface area contributed by atoms with Crippen molar-refractivity contribution in [2.75, 3.05) is 6.61 Å². The lowest BCUT2D eigenvalue weighted by atomic mass is 10.5. The molecule has 60 valence electrons. The van der Waals surface area contributed by atoms with Crippen LogP contribution < -0.4 is 0 Å². The van der Waals surface area contributed by atoms with Crippen LogP contribution in [0.2, 0.25) is 0 Å². The van der Waals surface area contributed by atoms with Crippen molar-refractivity contribution in [1.29, 1.82) is 0 Å². The zero-order valence-corrected chi connectivity index (χ0v) is 7.36. The van der Waals surface area contributed by atoms with Gasteiger partial charge in [-0.2, -0.15) is 0 Å². The highest BCUT2D eigenvalue weighted by Crippen LogP contribution is 1.99. The largest absolute Gasteiger partial charge is 0.482 e. The van der Waals surface area contributed by atoms with E-state index in [2.05, 4.69) is 9.97 Å². The lowest BCUT2D eigenvalue weighted by Gasteiger charge is -1.98. The molecule has 0 radical (unpaired) electrons. The number of H-pyrrole nitrogens is 1. The maximum absolute atomic E-state index is 5.09. The number of aromatic amines is 1. The number of thiocarbonyl (C=S) groups is 1. The van der Waals surface area contributed by atoms with E-state index in [0.717, 1.165) is 5.82 Å². The minimum atomic E-state index is 0.455. The monoisotopic (exact) mass is 170 g/mol. The van der Waals surface area contributed by atoms with Gasteiger partial charge in [0.15, 0.2) is 0 Å². The van der Waals surface area contributed by atoms with E-state index < -0.39 is 0 Å². The smallest absolute Gasteiger partial charge is 0.211 e. The Balaban J connectivity index is 2.69. The predicted molar refractivity (Wildman–Crippen MR) is 46.7 cm³/mol. The first kappa shape index (κ1) is 8.20. The molecule has 0 amide bonds. The van der Waals surface area contributed by atoms with Crippen molar-refractivity contribution in [2.45, 2.75) is 13.8 Å². The summed E-state index contributed by atoms with van der Waals surface area (Å²) in [5.41, 5.74) is 0.708. The number of ether oxygens (including phenoxy) is 1. The topological polar surface area (TPSA) is 37.9 Å². The summed E-state index contributed by atoms with van der Waals surface area (Å²) in [7, 11) is 0. The molecule has 0 atom stereocenters. The summed E-state index contributed by atoms with van der Waals surface area (Å²) in [5.74, 6) is 0.849. The van der Waals surface area contributed by atoms with E-state index in [9.17, 15) is 0 Å². The molecule has 0 saturated heterocycles. The van der Waals surface area contributed by atoms with Gasteiger partial charge in [0.1, 0.15) is 11.5 Å². The van der Waals surface area contributed by atoms with Crippen molar-refractivity contribution in [3.8, 4) is 0 Å². The average molecular weight is 170 g/mol. The Hall–Kier alpha value is -0.900. The van der Waals surface area contributed by atoms with Crippen LogP contribution in [-0.2, 0) is 4.74 Å². The van der Waals surface area contributed by atoms with Crippen molar-refractivity contribution < 1.29 is 4.74 Å². The second kappa shape index (κ2) is 3.48. The van der Waals surface area contributed by atoms with Crippen LogP contribution in [0.25, 0.3) is 0 Å². The van der Waals surface area contributed by atoms with Gasteiger partial charge in [-0.05, 0) is 26.1 Å². The highest BCUT2D eigenvalue weighted by atomic mass is 32.1. The zero-order valence-electron chi connectivity index (χ0n) is 6.55. The van der Waals surface area contributed by atoms with Crippen LogP contribution in [0.1, 0.15) is 18.4 Å². The van der Waals surface area contributed by atoms with Gasteiger partial charge in [0, 0.05) is 6.20 Å². The fourth-order valence-electron chi connectivity index (χ4n) is 0.728. The standard InChI is InChI=1S/C7H10N2OS/c1-3-10-7(11)6-4-8-5(2)9-6/h4H,3H2,1-2H3,(H,8,9). The Morgan fingerprint density at radius 2 is 2.55 bits per heavy atom. The van der Waals surface area contributed by atoms with Crippen molar-refractivity contribution in [3.63, 3.8) is 0 Å². The van der Waals surface area contributed by atoms with Gasteiger partial charge in [-0.15, -0.1) is 0 Å². The van der Waals surface area contributed by atoms with Crippen molar-refractivity contribution in [3.05, 3.63) is 17.7 Å². The van der Waals surface area contributed by atoms with Gasteiger partial charge >= 0.3 is 0 Å². The van der Waals surface area contributed by atoms with Crippen LogP contribution in [0.15, 0.2) is 6.20 Å². The van der Waals surface area contributed by atoms with Crippen LogP contribution in [0.3, 0.4) is 0 Å². The third kappa shape index (κ3) is 2.01. The molecular weight excluding hydrogens is 160 g/mol. The predicted octanol–water partition coefficient (Wildman–Crippen LogP) is 1.43. The summed E-state index contributed by atoms with van der Waals surface area (Å²) in [6.45, 7) is 4.36. The van der Waals surface area contributed by atoms with Crippen molar-refractivity contribution in [1.82, 2.24) is 9.97 Å². The van der Waals surface area contributed by atoms with Crippen LogP contribution in [-0.4, -0.2) is 21.6 Å². The molecule has 0 saturated carbocycles. The van der Waals surface area contributed by atoms with Crippen LogP contribution in [0.5, 0.6) is 0 Å². The third-order valence-corrected chi connectivity index (χ3v) is 1.52. The SMILES string of the molecule is CCOC(=S)c1c[nH]c(C)n1. The van der Waals surface area contributed by atoms with Gasteiger partial charge in [0.05, 0.1) is 6.61 Å². The molecule has 0 aliphatic carbocycles. The Kier molecular flexibility index (Phi) is 2.59. The minimum Gasteiger partial charge on any atom is -0.482 e. The molecule has 1 aromatic heterocycles. The van der Waals surface area contributed by atoms with E-state index in [4.69, 9.17) is 17.0 Å². The summed E-state index contributed by atoms with van der Waals surface area (Å²) in [6, 6.07) is 0. The second-order valence-corrected chi connectivity index (χ2v) is 2.46. The number of aromatic nitrogens is 2. The first-order valence-corrected chi connectivity index (χ1v) is 3.84. The number of nitrogens with zero attached hydrogens (tertiary/aromatic N) is 1. The fraction of sp³-hybridized carbons (Fsp3) is 0.429. The molecule has 3 nitrogen and oxygen atoms in total. The van der Waals surface area contributed by atoms with Gasteiger partial charge in [0.25, 0.3) is 0 Å². The van der Waals surface area contributed by atoms with E-state index in [1.165, 1.54) is 0 Å². The Morgan fingerprint density at radius 1 is 1.82 bits per heavy atom. The Morgan fingerprint density at radius 3 is 3.00 bits per heavy atom. The quantitative estimate of drug-likeness (QED) is 0.682. The molecule has 0 fully saturated rings. The normalized spacial score (nSPS) is 9.64. The molecule has 1 aromatic rings. The third-order valence-electron chi connectivity index (χ3n) is 1.19. The highest BCUT2D eigenvalue weighted by Gasteiger charge is 2.03. The lowest BCUT2D eigenvalue weighted by molar-refractivity contribution is 0.336. The van der Waals surface area contributed by atoms with E-state index in [1.807, 2.05) is 13.8 Å². The van der Waals surface area contributed by atoms with Crippen molar-refractivity contribution in [2.24, 2.45) is 0 Å². The molecular formula is C7H10N2OS. The van der Waals surface area contributed by atoms with Gasteiger partial charge in [0.2, 0.25) is 5.05 Å². The van der Waals surface area contributed by atoms with Crippen LogP contribution in [0.4, 0.5) is 0 Å². The molecule has 0 aliphatic rings. The highest BCUT2D eigenvalue weighted by molar-refractivity contribution is 7.80. The number of hydrogen-bond donors (Lipinski definition) is 1. The summed E-state index contributed by atoms with van der Waals surface area (Å²) in [5, 5.41) is 0.455. The first-order valence-electron chi connectivity index (χ1n) is 3.43. The van der Waals surface area contributed by atoms with E-state index in [0.29, 0.717) is 17.4 Å². The molecule has 0 spiro atoms. The number of imidazole rings is 1. The number of aryl methyl sites for hydroxylation is 1. The van der Waals surface area contributed by atoms with Crippen LogP contribution >= 0.6 is 12.2 Å². The fourth-order valence-corrected chi connectivity index (χ4v) is 0.950. The molecule has 1 N–H and O–H groups in total. The molecule has 4 heteroatoms. The van der Waals surface area contributed by atoms with Gasteiger partial charge < -0.3 is 9.72 Å². The van der Waals surface area contributed by atoms with Gasteiger partial charge in [-0.1, -0.05) is 0 Å². The van der Waals surface area contributed by atoms with Gasteiger partial charge in [-0.25, -0.2) is 4.98 Å². The molecule has 1 rings (SSSR count). The van der Waals surface area contributed by atoms with E-state index >= 15 is 0 Å². The van der Waals surface area contributed by atoms with E-state index in [1.54, 1.807) is 6.20 Å². The number of rotatable bonds is 2. The second-order valence-electron chi connectivity index (χ2n) is 2.09. The Bertz CT molecular complexity index is 257. The maximum Gasteiger partial charge on any atom is 0.211 e. The summed E-state index contributed by atoms with van der Waals surface area (Å²) < 4.78 is 5.09. The number of hydrogen-bond acceptors (Lipinski definition) is 3. The Labute approximate surface area is 70.8 Å². The minimum absolute atomic E-state index is 0.455. The average Bonchev–Trinajstić information content (AvgIpc) is 2.36. The molecule has 1 heterocycles. The van der Waals surface area contributed by atoms with Gasteiger partial charge in [-0.3, -0.25) is 0 Å². The van der Waals surface area contributed by atoms with Crippen molar-refractivity contribution >= 4 is 17.3 Å². The summed E-state index contributed by atoms with van der Waals surface area (Å²) >= 11 is 4.93. The molecule has 0 aromatic carbocycles. The number of nitrogens with one attached hydrogen (secondary N) is 1. The van der Waals surface area contributed by atoms with Crippen LogP contribution in [0, 0.1) is 6.92 Å². The first-order chi connectivity index (χ1) is 5.24. The summed E-state index contributed by atoms with van der Waals surface area (Å²) in [4.78, 5) is 7.04. The molecule has 0 unspecified atom stereocenters. The molecule has 0 aliphatic heterocycles. The zero-order chi connectivity index (χ0) is 8.27.